The van der Waals surface area contributed by atoms with Crippen molar-refractivity contribution >= 4 is 5.91 Å². The number of hydrogen-bond donors (Lipinski definition) is 2. The average Bonchev–Trinajstić information content (AvgIpc) is 2.55. The van der Waals surface area contributed by atoms with Gasteiger partial charge in [-0.25, -0.2) is 0 Å². The van der Waals surface area contributed by atoms with E-state index in [2.05, 4.69) is 5.32 Å². The summed E-state index contributed by atoms with van der Waals surface area (Å²) in [5.74, 6) is -0.107. The topological polar surface area (TPSA) is 64.4 Å². The van der Waals surface area contributed by atoms with Crippen LogP contribution in [0.4, 0.5) is 0 Å². The summed E-state index contributed by atoms with van der Waals surface area (Å²) in [5, 5.41) is 2.68. The number of amides is 1. The first-order valence-electron chi connectivity index (χ1n) is 4.40. The molecule has 2 atom stereocenters. The van der Waals surface area contributed by atoms with Gasteiger partial charge in [0.2, 0.25) is 5.91 Å². The molecule has 0 aromatic rings. The van der Waals surface area contributed by atoms with E-state index in [-0.39, 0.29) is 12.0 Å². The van der Waals surface area contributed by atoms with Crippen LogP contribution in [0.3, 0.4) is 0 Å². The predicted octanol–water partition coefficient (Wildman–Crippen LogP) is -0.371. The standard InChI is InChI=1S/C8H16N2O2/c1-2-10-8(11)7(9)6-4-3-5-12-6/h6-7H,2-5,9H2,1H3,(H,10,11)/t6?,7-/m1/s1. The van der Waals surface area contributed by atoms with Gasteiger partial charge in [0.05, 0.1) is 6.10 Å². The molecule has 1 heterocycles. The van der Waals surface area contributed by atoms with Crippen molar-refractivity contribution in [3.63, 3.8) is 0 Å². The van der Waals surface area contributed by atoms with Gasteiger partial charge in [0.25, 0.3) is 0 Å². The van der Waals surface area contributed by atoms with E-state index >= 15 is 0 Å². The van der Waals surface area contributed by atoms with E-state index in [1.165, 1.54) is 0 Å². The second kappa shape index (κ2) is 4.42. The maximum Gasteiger partial charge on any atom is 0.239 e. The van der Waals surface area contributed by atoms with Gasteiger partial charge in [-0.2, -0.15) is 0 Å². The molecule has 1 unspecified atom stereocenters. The number of carbonyl (C=O) groups is 1. The molecule has 0 saturated carbocycles. The van der Waals surface area contributed by atoms with Gasteiger partial charge in [-0.1, -0.05) is 0 Å². The summed E-state index contributed by atoms with van der Waals surface area (Å²) in [7, 11) is 0. The smallest absolute Gasteiger partial charge is 0.239 e. The van der Waals surface area contributed by atoms with Crippen LogP contribution in [0.5, 0.6) is 0 Å². The lowest BCUT2D eigenvalue weighted by Gasteiger charge is -2.17. The highest BCUT2D eigenvalue weighted by Crippen LogP contribution is 2.14. The third kappa shape index (κ3) is 2.19. The molecule has 12 heavy (non-hydrogen) atoms. The first-order chi connectivity index (χ1) is 5.75. The highest BCUT2D eigenvalue weighted by molar-refractivity contribution is 5.82. The van der Waals surface area contributed by atoms with Crippen molar-refractivity contribution in [3.8, 4) is 0 Å². The minimum atomic E-state index is -0.493. The Bertz CT molecular complexity index is 155. The fourth-order valence-corrected chi connectivity index (χ4v) is 1.35. The Kier molecular flexibility index (Phi) is 3.49. The zero-order valence-electron chi connectivity index (χ0n) is 7.38. The minimum absolute atomic E-state index is 0.0726. The lowest BCUT2D eigenvalue weighted by Crippen LogP contribution is -2.47. The lowest BCUT2D eigenvalue weighted by molar-refractivity contribution is -0.124. The first-order valence-corrected chi connectivity index (χ1v) is 4.40. The number of hydrogen-bond acceptors (Lipinski definition) is 3. The van der Waals surface area contributed by atoms with E-state index in [1.807, 2.05) is 6.92 Å². The summed E-state index contributed by atoms with van der Waals surface area (Å²) in [5.41, 5.74) is 5.67. The summed E-state index contributed by atoms with van der Waals surface area (Å²) in [4.78, 5) is 11.2. The van der Waals surface area contributed by atoms with Crippen molar-refractivity contribution in [2.75, 3.05) is 13.2 Å². The van der Waals surface area contributed by atoms with Gasteiger partial charge < -0.3 is 15.8 Å². The summed E-state index contributed by atoms with van der Waals surface area (Å²) in [6.07, 6.45) is 1.84. The SMILES string of the molecule is CCNC(=O)[C@H](N)C1CCCO1. The molecule has 1 saturated heterocycles. The molecule has 0 aromatic heterocycles. The summed E-state index contributed by atoms with van der Waals surface area (Å²) in [6.45, 7) is 3.23. The molecule has 3 N–H and O–H groups in total. The van der Waals surface area contributed by atoms with Crippen LogP contribution in [0.25, 0.3) is 0 Å². The second-order valence-electron chi connectivity index (χ2n) is 2.97. The van der Waals surface area contributed by atoms with Crippen molar-refractivity contribution in [2.24, 2.45) is 5.73 Å². The number of rotatable bonds is 3. The Labute approximate surface area is 72.5 Å². The van der Waals surface area contributed by atoms with Crippen LogP contribution >= 0.6 is 0 Å². The van der Waals surface area contributed by atoms with Gasteiger partial charge in [-0.05, 0) is 19.8 Å². The van der Waals surface area contributed by atoms with Crippen molar-refractivity contribution < 1.29 is 9.53 Å². The van der Waals surface area contributed by atoms with Gasteiger partial charge in [-0.3, -0.25) is 4.79 Å². The Hall–Kier alpha value is -0.610. The molecule has 1 fully saturated rings. The molecule has 1 amide bonds. The largest absolute Gasteiger partial charge is 0.376 e. The number of nitrogens with one attached hydrogen (secondary N) is 1. The van der Waals surface area contributed by atoms with E-state index in [4.69, 9.17) is 10.5 Å². The first kappa shape index (κ1) is 9.48. The highest BCUT2D eigenvalue weighted by Gasteiger charge is 2.27. The van der Waals surface area contributed by atoms with E-state index in [0.717, 1.165) is 19.4 Å². The Morgan fingerprint density at radius 3 is 3.08 bits per heavy atom. The van der Waals surface area contributed by atoms with Crippen LogP contribution in [0.15, 0.2) is 0 Å². The number of carbonyl (C=O) groups excluding carboxylic acids is 1. The second-order valence-corrected chi connectivity index (χ2v) is 2.97. The van der Waals surface area contributed by atoms with Crippen molar-refractivity contribution in [3.05, 3.63) is 0 Å². The monoisotopic (exact) mass is 172 g/mol. The third-order valence-corrected chi connectivity index (χ3v) is 2.02. The van der Waals surface area contributed by atoms with E-state index < -0.39 is 6.04 Å². The van der Waals surface area contributed by atoms with Gasteiger partial charge in [-0.15, -0.1) is 0 Å². The van der Waals surface area contributed by atoms with Crippen LogP contribution in [0.2, 0.25) is 0 Å². The summed E-state index contributed by atoms with van der Waals surface area (Å²) < 4.78 is 5.30. The van der Waals surface area contributed by atoms with E-state index in [0.29, 0.717) is 6.54 Å². The molecule has 70 valence electrons. The molecule has 0 radical (unpaired) electrons. The highest BCUT2D eigenvalue weighted by atomic mass is 16.5. The summed E-state index contributed by atoms with van der Waals surface area (Å²) in [6, 6.07) is -0.493. The summed E-state index contributed by atoms with van der Waals surface area (Å²) >= 11 is 0. The van der Waals surface area contributed by atoms with Gasteiger partial charge >= 0.3 is 0 Å². The van der Waals surface area contributed by atoms with Crippen LogP contribution < -0.4 is 11.1 Å². The molecule has 4 nitrogen and oxygen atoms in total. The molecular formula is C8H16N2O2. The Morgan fingerprint density at radius 2 is 2.58 bits per heavy atom. The van der Waals surface area contributed by atoms with Crippen LogP contribution in [-0.2, 0) is 9.53 Å². The number of likely N-dealkylation sites (N-methyl/N-ethyl adjacent to an activating group) is 1. The normalized spacial score (nSPS) is 25.3. The zero-order valence-corrected chi connectivity index (χ0v) is 7.38. The minimum Gasteiger partial charge on any atom is -0.376 e. The van der Waals surface area contributed by atoms with Gasteiger partial charge in [0.1, 0.15) is 6.04 Å². The van der Waals surface area contributed by atoms with Crippen LogP contribution in [0, 0.1) is 0 Å². The van der Waals surface area contributed by atoms with E-state index in [9.17, 15) is 4.79 Å². The predicted molar refractivity (Wildman–Crippen MR) is 45.6 cm³/mol. The quantitative estimate of drug-likeness (QED) is 0.610. The molecule has 1 aliphatic heterocycles. The van der Waals surface area contributed by atoms with Crippen molar-refractivity contribution in [1.29, 1.82) is 0 Å². The number of ether oxygens (including phenoxy) is 1. The zero-order chi connectivity index (χ0) is 8.97. The lowest BCUT2D eigenvalue weighted by atomic mass is 10.1. The van der Waals surface area contributed by atoms with E-state index in [1.54, 1.807) is 0 Å². The molecule has 0 bridgehead atoms. The maximum absolute atomic E-state index is 11.2. The van der Waals surface area contributed by atoms with Crippen LogP contribution in [-0.4, -0.2) is 31.2 Å². The molecule has 0 aromatic carbocycles. The fourth-order valence-electron chi connectivity index (χ4n) is 1.35. The maximum atomic E-state index is 11.2. The molecule has 4 heteroatoms. The molecule has 1 aliphatic rings. The van der Waals surface area contributed by atoms with Crippen molar-refractivity contribution in [2.45, 2.75) is 31.9 Å². The molecule has 1 rings (SSSR count). The molecule has 0 spiro atoms. The molecular weight excluding hydrogens is 156 g/mol. The average molecular weight is 172 g/mol. The van der Waals surface area contributed by atoms with Gasteiger partial charge in [0, 0.05) is 13.2 Å². The third-order valence-electron chi connectivity index (χ3n) is 2.02. The Balaban J connectivity index is 2.34. The fraction of sp³-hybridized carbons (Fsp3) is 0.875. The van der Waals surface area contributed by atoms with Crippen LogP contribution in [0.1, 0.15) is 19.8 Å². The Morgan fingerprint density at radius 1 is 1.83 bits per heavy atom. The van der Waals surface area contributed by atoms with Gasteiger partial charge in [0.15, 0.2) is 0 Å². The van der Waals surface area contributed by atoms with Crippen molar-refractivity contribution in [1.82, 2.24) is 5.32 Å². The molecule has 0 aliphatic carbocycles. The number of nitrogens with two attached hydrogens (primary N) is 1.